The lowest BCUT2D eigenvalue weighted by atomic mass is 9.97. The largest absolute Gasteiger partial charge is 0.587 e. The molecular weight excluding hydrogens is 1150 g/mol. The molecule has 6 amide bonds. The molecule has 2 bridgehead atoms. The Morgan fingerprint density at radius 1 is 0.767 bits per heavy atom. The number of fused-ring (bicyclic) bond motifs is 11. The van der Waals surface area contributed by atoms with E-state index in [-0.39, 0.29) is 29.3 Å². The van der Waals surface area contributed by atoms with E-state index in [2.05, 4.69) is 38.0 Å². The lowest BCUT2D eigenvalue weighted by Gasteiger charge is -2.33. The molecule has 4 heterocycles. The van der Waals surface area contributed by atoms with Crippen LogP contribution in [0.1, 0.15) is 81.8 Å². The second-order valence-corrected chi connectivity index (χ2v) is 23.0. The topological polar surface area (TPSA) is 422 Å². The first-order valence-corrected chi connectivity index (χ1v) is 29.6. The number of phosphoric ester groups is 1. The number of hydrogen-bond acceptors (Lipinski definition) is 20. The van der Waals surface area contributed by atoms with Gasteiger partial charge >= 0.3 is 13.8 Å². The van der Waals surface area contributed by atoms with E-state index in [0.717, 1.165) is 84.7 Å². The monoisotopic (exact) mass is 1220 g/mol. The van der Waals surface area contributed by atoms with Gasteiger partial charge in [-0.25, -0.2) is 9.36 Å². The van der Waals surface area contributed by atoms with E-state index in [4.69, 9.17) is 9.26 Å². The smallest absolute Gasteiger partial charge is 0.494 e. The van der Waals surface area contributed by atoms with Gasteiger partial charge in [-0.3, -0.25) is 33.7 Å². The van der Waals surface area contributed by atoms with Crippen LogP contribution in [0, 0.1) is 5.92 Å². The Morgan fingerprint density at radius 2 is 1.36 bits per heavy atom. The first-order chi connectivity index (χ1) is 40.7. The Hall–Kier alpha value is -7.40. The van der Waals surface area contributed by atoms with Crippen molar-refractivity contribution in [3.05, 3.63) is 108 Å². The number of aliphatic hydroxyl groups is 8. The Balaban J connectivity index is 1.09. The highest BCUT2D eigenvalue weighted by Gasteiger charge is 2.47. The zero-order chi connectivity index (χ0) is 62.7. The number of likely N-dealkylation sites (tertiary alicyclic amines) is 1. The number of amides is 6. The van der Waals surface area contributed by atoms with E-state index < -0.39 is 154 Å². The molecule has 27 nitrogen and oxygen atoms in total. The first kappa shape index (κ1) is 66.1. The number of phosphoric acid groups is 1. The summed E-state index contributed by atoms with van der Waals surface area (Å²) in [5.41, 5.74) is 3.28. The summed E-state index contributed by atoms with van der Waals surface area (Å²) in [5, 5.41) is 102. The highest BCUT2D eigenvalue weighted by Crippen LogP contribution is 2.45. The van der Waals surface area contributed by atoms with Gasteiger partial charge in [0.15, 0.2) is 12.3 Å². The number of ether oxygens (including phenoxy) is 1. The summed E-state index contributed by atoms with van der Waals surface area (Å²) in [4.78, 5) is 108. The second-order valence-electron chi connectivity index (χ2n) is 21.7. The predicted octanol–water partition coefficient (Wildman–Crippen LogP) is -0.849. The fourth-order valence-corrected chi connectivity index (χ4v) is 10.8. The van der Waals surface area contributed by atoms with Crippen molar-refractivity contribution in [3.8, 4) is 33.8 Å². The second kappa shape index (κ2) is 29.3. The van der Waals surface area contributed by atoms with Crippen molar-refractivity contribution in [1.82, 2.24) is 36.8 Å². The SMILES string of the molecule is CCCCCOc1ccc(-c2ccc(-c3ccc(C(=O)N[C@@H](C[C@@H](O)[C@@H](O)NC(=O)[C@H]4NC[C@H](C)[C@@H]4O)C(=O)N[C@H](C(=O)N4C[C@H](O)C[C@H]4C(=O)N[C@@H]4C(=O)N[C@@H]([C@@H](C)O)C(=O)OP(=O)(O)Oc5ccc(cc5)[C@H](O)[C@H]4O)[C@@H](C)O)cc3)cc2)cc1. The molecule has 1 unspecified atom stereocenters. The van der Waals surface area contributed by atoms with Gasteiger partial charge in [0.05, 0.1) is 31.0 Å². The van der Waals surface area contributed by atoms with Crippen LogP contribution in [0.25, 0.3) is 22.3 Å². The number of hydrogen-bond donors (Lipinski definition) is 15. The van der Waals surface area contributed by atoms with Crippen LogP contribution in [0.5, 0.6) is 11.5 Å². The van der Waals surface area contributed by atoms with Crippen molar-refractivity contribution in [3.63, 3.8) is 0 Å². The third-order valence-electron chi connectivity index (χ3n) is 15.0. The van der Waals surface area contributed by atoms with Gasteiger partial charge in [0, 0.05) is 31.5 Å². The van der Waals surface area contributed by atoms with Crippen LogP contribution in [0.2, 0.25) is 0 Å². The fraction of sp³-hybridized carbons (Fsp3) is 0.466. The van der Waals surface area contributed by atoms with Crippen molar-refractivity contribution in [2.24, 2.45) is 5.92 Å². The lowest BCUT2D eigenvalue weighted by molar-refractivity contribution is -0.147. The Morgan fingerprint density at radius 3 is 1.92 bits per heavy atom. The lowest BCUT2D eigenvalue weighted by Crippen LogP contribution is -2.63. The van der Waals surface area contributed by atoms with Gasteiger partial charge in [-0.1, -0.05) is 87.4 Å². The number of aliphatic hydroxyl groups excluding tert-OH is 8. The molecule has 15 N–H and O–H groups in total. The molecule has 0 aliphatic carbocycles. The molecule has 16 atom stereocenters. The summed E-state index contributed by atoms with van der Waals surface area (Å²) in [6.07, 6.45) is -13.0. The number of carbonyl (C=O) groups excluding carboxylic acids is 7. The molecule has 466 valence electrons. The number of nitrogens with zero attached hydrogens (tertiary/aromatic N) is 1. The molecule has 0 saturated carbocycles. The van der Waals surface area contributed by atoms with E-state index >= 15 is 0 Å². The minimum Gasteiger partial charge on any atom is -0.494 e. The molecule has 4 aliphatic rings. The van der Waals surface area contributed by atoms with E-state index in [9.17, 15) is 83.9 Å². The standard InChI is InChI=1S/C58H74N7O20P/c1-5-6-7-24-83-39-20-16-35(17-21-39)33-10-8-32(9-11-33)34-12-14-37(15-13-34)51(73)60-41(26-43(69)54(76)64-55(77)46-48(70)29(2)27-59-46)52(74)61-44(30(3)66)57(79)65-28-38(68)25-42(65)53(75)63-47-50(72)49(71)36-18-22-40(23-19-36)84-86(81,82)85-58(80)45(31(4)67)62-56(47)78/h8-23,29-31,38,41-50,54,59,66-72,76H,5-7,24-28H2,1-4H3,(H,60,73)(H,61,74)(H,62,78)(H,63,75)(H,64,77)(H,81,82)/t29-,30+,31+,38+,41-,42-,43+,44-,45-,46-,47-,48-,49-,50-,54+/m0/s1. The van der Waals surface area contributed by atoms with Gasteiger partial charge in [0.25, 0.3) is 5.91 Å². The van der Waals surface area contributed by atoms with Gasteiger partial charge in [-0.05, 0) is 90.4 Å². The van der Waals surface area contributed by atoms with Crippen LogP contribution in [-0.2, 0) is 37.9 Å². The number of benzene rings is 4. The third-order valence-corrected chi connectivity index (χ3v) is 15.9. The average Bonchev–Trinajstić information content (AvgIpc) is 2.05. The normalized spacial score (nSPS) is 26.2. The number of rotatable bonds is 21. The van der Waals surface area contributed by atoms with Crippen LogP contribution >= 0.6 is 7.82 Å². The summed E-state index contributed by atoms with van der Waals surface area (Å²) in [5.74, 6) is -8.66. The van der Waals surface area contributed by atoms with Crippen molar-refractivity contribution < 1.29 is 97.7 Å². The molecule has 4 aromatic carbocycles. The molecule has 0 aromatic heterocycles. The molecule has 4 aromatic rings. The Labute approximate surface area is 494 Å². The predicted molar refractivity (Wildman–Crippen MR) is 305 cm³/mol. The maximum atomic E-state index is 14.5. The molecule has 86 heavy (non-hydrogen) atoms. The summed E-state index contributed by atoms with van der Waals surface area (Å²) < 4.78 is 28.0. The van der Waals surface area contributed by atoms with E-state index in [1.807, 2.05) is 53.8 Å². The quantitative estimate of drug-likeness (QED) is 0.0274. The maximum Gasteiger partial charge on any atom is 0.587 e. The van der Waals surface area contributed by atoms with Crippen molar-refractivity contribution in [1.29, 1.82) is 0 Å². The number of unbranched alkanes of at least 4 members (excludes halogenated alkanes) is 2. The van der Waals surface area contributed by atoms with Crippen LogP contribution in [0.4, 0.5) is 0 Å². The van der Waals surface area contributed by atoms with E-state index in [1.54, 1.807) is 19.1 Å². The Kier molecular flexibility index (Phi) is 22.6. The summed E-state index contributed by atoms with van der Waals surface area (Å²) in [6.45, 7) is 6.12. The number of nitrogens with one attached hydrogen (secondary N) is 6. The first-order valence-electron chi connectivity index (χ1n) is 28.1. The van der Waals surface area contributed by atoms with Gasteiger partial charge in [0.1, 0.15) is 60.0 Å². The van der Waals surface area contributed by atoms with E-state index in [1.165, 1.54) is 12.1 Å². The summed E-state index contributed by atoms with van der Waals surface area (Å²) >= 11 is 0. The summed E-state index contributed by atoms with van der Waals surface area (Å²) in [7, 11) is -5.27. The zero-order valence-electron chi connectivity index (χ0n) is 47.5. The molecule has 2 fully saturated rings. The van der Waals surface area contributed by atoms with Gasteiger partial charge in [-0.15, -0.1) is 0 Å². The van der Waals surface area contributed by atoms with Crippen molar-refractivity contribution in [2.75, 3.05) is 19.7 Å². The minimum absolute atomic E-state index is 0.00518. The van der Waals surface area contributed by atoms with Crippen molar-refractivity contribution in [2.45, 2.75) is 145 Å². The fourth-order valence-electron chi connectivity index (χ4n) is 9.99. The zero-order valence-corrected chi connectivity index (χ0v) is 48.4. The van der Waals surface area contributed by atoms with Crippen LogP contribution in [0.15, 0.2) is 97.1 Å². The van der Waals surface area contributed by atoms with Crippen LogP contribution in [-0.4, -0.2) is 191 Å². The highest BCUT2D eigenvalue weighted by atomic mass is 31.2. The molecule has 4 aliphatic heterocycles. The molecule has 2 saturated heterocycles. The average molecular weight is 1220 g/mol. The summed E-state index contributed by atoms with van der Waals surface area (Å²) in [6, 6.07) is 14.7. The van der Waals surface area contributed by atoms with Gasteiger partial charge in [0.2, 0.25) is 29.5 Å². The molecule has 8 rings (SSSR count). The molecular formula is C58H74N7O20P. The Bertz CT molecular complexity index is 3070. The third kappa shape index (κ3) is 16.8. The molecule has 28 heteroatoms. The highest BCUT2D eigenvalue weighted by molar-refractivity contribution is 7.48. The minimum atomic E-state index is -5.27. The van der Waals surface area contributed by atoms with Gasteiger partial charge in [-0.2, -0.15) is 0 Å². The van der Waals surface area contributed by atoms with Gasteiger partial charge < -0.3 is 91.4 Å². The number of β-amino-alcohol motifs (C(OH)–C–C–N with tert-alkyl or cyclic N) is 1. The molecule has 0 spiro atoms. The maximum absolute atomic E-state index is 14.5. The van der Waals surface area contributed by atoms with Crippen LogP contribution in [0.3, 0.4) is 0 Å². The molecule has 0 radical (unpaired) electrons. The van der Waals surface area contributed by atoms with Crippen LogP contribution < -0.4 is 41.2 Å². The van der Waals surface area contributed by atoms with E-state index in [0.29, 0.717) is 12.2 Å². The number of carbonyl (C=O) groups is 7. The van der Waals surface area contributed by atoms with Crippen molar-refractivity contribution >= 4 is 49.2 Å².